The Morgan fingerprint density at radius 2 is 2.39 bits per heavy atom. The number of aromatic hydroxyl groups is 1. The average molecular weight is 252 g/mol. The first-order chi connectivity index (χ1) is 8.65. The number of nitrogens with zero attached hydrogens (tertiary/aromatic N) is 2. The number of furan rings is 1. The smallest absolute Gasteiger partial charge is 0.320 e. The fraction of sp³-hybridized carbons (Fsp3) is 0.100. The van der Waals surface area contributed by atoms with Crippen molar-refractivity contribution in [1.29, 1.82) is 0 Å². The van der Waals surface area contributed by atoms with E-state index in [1.54, 1.807) is 12.1 Å². The Labute approximate surface area is 101 Å². The number of aromatic nitrogens is 2. The van der Waals surface area contributed by atoms with E-state index in [0.29, 0.717) is 5.76 Å². The first-order valence-corrected chi connectivity index (χ1v) is 4.94. The van der Waals surface area contributed by atoms with Crippen molar-refractivity contribution in [1.82, 2.24) is 15.3 Å². The maximum atomic E-state index is 13.1. The Morgan fingerprint density at radius 1 is 1.56 bits per heavy atom. The number of nitrogens with one attached hydrogen (secondary N) is 2. The Balaban J connectivity index is 1.92. The molecule has 0 bridgehead atoms. The lowest BCUT2D eigenvalue weighted by Gasteiger charge is -2.06. The highest BCUT2D eigenvalue weighted by atomic mass is 19.1. The number of rotatable bonds is 3. The van der Waals surface area contributed by atoms with Crippen molar-refractivity contribution in [3.63, 3.8) is 0 Å². The van der Waals surface area contributed by atoms with Crippen LogP contribution in [0.5, 0.6) is 6.01 Å². The zero-order chi connectivity index (χ0) is 13.0. The molecular weight excluding hydrogens is 243 g/mol. The molecule has 2 heterocycles. The molecular formula is C10H9FN4O3. The van der Waals surface area contributed by atoms with E-state index in [1.165, 1.54) is 6.26 Å². The number of hydrogen-bond donors (Lipinski definition) is 3. The van der Waals surface area contributed by atoms with Crippen molar-refractivity contribution >= 4 is 11.8 Å². The predicted octanol–water partition coefficient (Wildman–Crippen LogP) is 1.24. The number of halogens is 1. The summed E-state index contributed by atoms with van der Waals surface area (Å²) in [4.78, 5) is 17.9. The predicted molar refractivity (Wildman–Crippen MR) is 58.2 cm³/mol. The molecule has 0 aromatic carbocycles. The van der Waals surface area contributed by atoms with Crippen molar-refractivity contribution in [2.45, 2.75) is 6.54 Å². The van der Waals surface area contributed by atoms with Crippen LogP contribution in [0, 0.1) is 5.82 Å². The third kappa shape index (κ3) is 2.94. The van der Waals surface area contributed by atoms with Crippen LogP contribution in [0.3, 0.4) is 0 Å². The Morgan fingerprint density at radius 3 is 3.11 bits per heavy atom. The summed E-state index contributed by atoms with van der Waals surface area (Å²) in [5.74, 6) is -0.698. The van der Waals surface area contributed by atoms with Crippen LogP contribution in [0.4, 0.5) is 15.0 Å². The topological polar surface area (TPSA) is 100 Å². The molecule has 7 nitrogen and oxygen atoms in total. The summed E-state index contributed by atoms with van der Waals surface area (Å²) in [7, 11) is 0. The number of amides is 2. The summed E-state index contributed by atoms with van der Waals surface area (Å²) in [6.45, 7) is 0.150. The van der Waals surface area contributed by atoms with Crippen molar-refractivity contribution in [2.24, 2.45) is 0 Å². The molecule has 2 aromatic heterocycles. The van der Waals surface area contributed by atoms with E-state index in [1.807, 2.05) is 0 Å². The highest BCUT2D eigenvalue weighted by molar-refractivity contribution is 5.88. The maximum Gasteiger partial charge on any atom is 0.320 e. The first kappa shape index (κ1) is 11.8. The lowest BCUT2D eigenvalue weighted by Crippen LogP contribution is -2.28. The number of carbonyl (C=O) groups is 1. The van der Waals surface area contributed by atoms with Gasteiger partial charge < -0.3 is 14.8 Å². The Kier molecular flexibility index (Phi) is 3.37. The van der Waals surface area contributed by atoms with E-state index < -0.39 is 23.7 Å². The van der Waals surface area contributed by atoms with Gasteiger partial charge in [-0.25, -0.2) is 14.2 Å². The molecule has 8 heteroatoms. The van der Waals surface area contributed by atoms with Gasteiger partial charge in [0, 0.05) is 0 Å². The largest absolute Gasteiger partial charge is 0.479 e. The zero-order valence-electron chi connectivity index (χ0n) is 9.05. The molecule has 2 amide bonds. The molecule has 94 valence electrons. The van der Waals surface area contributed by atoms with Crippen LogP contribution < -0.4 is 10.6 Å². The molecule has 2 aromatic rings. The van der Waals surface area contributed by atoms with E-state index in [9.17, 15) is 9.18 Å². The Bertz CT molecular complexity index is 544. The molecule has 0 atom stereocenters. The molecule has 0 radical (unpaired) electrons. The minimum atomic E-state index is -0.846. The standard InChI is InChI=1S/C10H9FN4O3/c11-7-5-13-10(17)15-8(7)14-9(16)12-4-6-2-1-3-18-6/h1-3,5H,4H2,(H3,12,13,14,15,16,17). The second-order valence-corrected chi connectivity index (χ2v) is 3.25. The molecule has 0 spiro atoms. The summed E-state index contributed by atoms with van der Waals surface area (Å²) >= 11 is 0. The third-order valence-electron chi connectivity index (χ3n) is 1.97. The van der Waals surface area contributed by atoms with Crippen LogP contribution in [0.2, 0.25) is 0 Å². The van der Waals surface area contributed by atoms with Gasteiger partial charge in [-0.1, -0.05) is 0 Å². The summed E-state index contributed by atoms with van der Waals surface area (Å²) in [6.07, 6.45) is 2.22. The van der Waals surface area contributed by atoms with Gasteiger partial charge in [0.2, 0.25) is 0 Å². The van der Waals surface area contributed by atoms with E-state index in [2.05, 4.69) is 20.6 Å². The second-order valence-electron chi connectivity index (χ2n) is 3.25. The lowest BCUT2D eigenvalue weighted by atomic mass is 10.4. The van der Waals surface area contributed by atoms with E-state index >= 15 is 0 Å². The molecule has 0 fully saturated rings. The summed E-state index contributed by atoms with van der Waals surface area (Å²) < 4.78 is 18.1. The number of urea groups is 1. The maximum absolute atomic E-state index is 13.1. The lowest BCUT2D eigenvalue weighted by molar-refractivity contribution is 0.250. The molecule has 0 unspecified atom stereocenters. The SMILES string of the molecule is O=C(NCc1ccco1)Nc1nc(O)ncc1F. The van der Waals surface area contributed by atoms with Crippen molar-refractivity contribution in [3.05, 3.63) is 36.2 Å². The minimum absolute atomic E-state index is 0.150. The van der Waals surface area contributed by atoms with Crippen molar-refractivity contribution < 1.29 is 18.7 Å². The van der Waals surface area contributed by atoms with E-state index in [4.69, 9.17) is 9.52 Å². The van der Waals surface area contributed by atoms with Crippen LogP contribution in [0.25, 0.3) is 0 Å². The van der Waals surface area contributed by atoms with Gasteiger partial charge in [-0.15, -0.1) is 0 Å². The van der Waals surface area contributed by atoms with Crippen LogP contribution in [0.1, 0.15) is 5.76 Å². The van der Waals surface area contributed by atoms with Gasteiger partial charge in [-0.3, -0.25) is 5.32 Å². The normalized spacial score (nSPS) is 10.1. The number of anilines is 1. The van der Waals surface area contributed by atoms with Gasteiger partial charge in [0.15, 0.2) is 11.6 Å². The molecule has 0 saturated heterocycles. The van der Waals surface area contributed by atoms with Crippen molar-refractivity contribution in [2.75, 3.05) is 5.32 Å². The van der Waals surface area contributed by atoms with Crippen LogP contribution in [0.15, 0.2) is 29.0 Å². The molecule has 3 N–H and O–H groups in total. The molecule has 0 aliphatic rings. The van der Waals surface area contributed by atoms with Gasteiger partial charge in [0.25, 0.3) is 0 Å². The summed E-state index contributed by atoms with van der Waals surface area (Å²) in [5, 5.41) is 13.5. The van der Waals surface area contributed by atoms with Crippen LogP contribution in [-0.2, 0) is 6.54 Å². The average Bonchev–Trinajstić information content (AvgIpc) is 2.84. The number of carbonyl (C=O) groups excluding carboxylic acids is 1. The molecule has 0 aliphatic heterocycles. The highest BCUT2D eigenvalue weighted by Gasteiger charge is 2.10. The fourth-order valence-corrected chi connectivity index (χ4v) is 1.18. The first-order valence-electron chi connectivity index (χ1n) is 4.94. The van der Waals surface area contributed by atoms with Gasteiger partial charge in [-0.05, 0) is 12.1 Å². The third-order valence-corrected chi connectivity index (χ3v) is 1.97. The molecule has 2 rings (SSSR count). The number of hydrogen-bond acceptors (Lipinski definition) is 5. The van der Waals surface area contributed by atoms with E-state index in [0.717, 1.165) is 6.20 Å². The van der Waals surface area contributed by atoms with Gasteiger partial charge in [0.1, 0.15) is 5.76 Å². The van der Waals surface area contributed by atoms with E-state index in [-0.39, 0.29) is 6.54 Å². The van der Waals surface area contributed by atoms with Gasteiger partial charge in [0.05, 0.1) is 19.0 Å². The highest BCUT2D eigenvalue weighted by Crippen LogP contribution is 2.11. The Hall–Kier alpha value is -2.64. The van der Waals surface area contributed by atoms with Gasteiger partial charge in [-0.2, -0.15) is 4.98 Å². The zero-order valence-corrected chi connectivity index (χ0v) is 9.05. The quantitative estimate of drug-likeness (QED) is 0.762. The van der Waals surface area contributed by atoms with Crippen molar-refractivity contribution in [3.8, 4) is 6.01 Å². The summed E-state index contributed by atoms with van der Waals surface area (Å²) in [6, 6.07) is 2.05. The fourth-order valence-electron chi connectivity index (χ4n) is 1.18. The molecule has 18 heavy (non-hydrogen) atoms. The van der Waals surface area contributed by atoms with Crippen LogP contribution in [-0.4, -0.2) is 21.1 Å². The second kappa shape index (κ2) is 5.13. The van der Waals surface area contributed by atoms with Crippen LogP contribution >= 0.6 is 0 Å². The molecule has 0 saturated carbocycles. The summed E-state index contributed by atoms with van der Waals surface area (Å²) in [5.41, 5.74) is 0. The minimum Gasteiger partial charge on any atom is -0.479 e. The monoisotopic (exact) mass is 252 g/mol. The van der Waals surface area contributed by atoms with Gasteiger partial charge >= 0.3 is 12.0 Å². The molecule has 0 aliphatic carbocycles.